The van der Waals surface area contributed by atoms with Crippen LogP contribution < -0.4 is 17.2 Å². The van der Waals surface area contributed by atoms with Crippen LogP contribution in [0.5, 0.6) is 0 Å². The van der Waals surface area contributed by atoms with E-state index in [0.29, 0.717) is 18.7 Å². The zero-order valence-electron chi connectivity index (χ0n) is 11.0. The van der Waals surface area contributed by atoms with Gasteiger partial charge in [0.2, 0.25) is 0 Å². The first-order chi connectivity index (χ1) is 8.92. The topological polar surface area (TPSA) is 149 Å². The van der Waals surface area contributed by atoms with E-state index in [1.807, 2.05) is 12.1 Å². The first-order valence-corrected chi connectivity index (χ1v) is 7.16. The Bertz CT molecular complexity index is 310. The van der Waals surface area contributed by atoms with Crippen LogP contribution in [0.1, 0.15) is 25.7 Å². The number of nitrogens with one attached hydrogen (secondary N) is 1. The Kier molecular flexibility index (Phi) is 36.5. The van der Waals surface area contributed by atoms with Crippen molar-refractivity contribution in [1.82, 2.24) is 0 Å². The van der Waals surface area contributed by atoms with Crippen molar-refractivity contribution in [2.24, 2.45) is 17.2 Å². The van der Waals surface area contributed by atoms with Gasteiger partial charge in [0, 0.05) is 24.5 Å². The molecule has 0 saturated carbocycles. The molecule has 7 N–H and O–H groups in total. The molecule has 0 bridgehead atoms. The molecular formula is C10H20Cl2N6S2. The first-order valence-electron chi connectivity index (χ1n) is 5.23. The molecule has 0 atom stereocenters. The number of hydrogen-bond acceptors (Lipinski definition) is 5. The van der Waals surface area contributed by atoms with Gasteiger partial charge in [0.1, 0.15) is 0 Å². The summed E-state index contributed by atoms with van der Waals surface area (Å²) in [5, 5.41) is 22.9. The summed E-state index contributed by atoms with van der Waals surface area (Å²) in [7, 11) is 0. The van der Waals surface area contributed by atoms with Gasteiger partial charge in [-0.1, -0.05) is 11.8 Å². The number of rotatable bonds is 5. The Hall–Kier alpha value is -0.930. The molecule has 0 spiro atoms. The van der Waals surface area contributed by atoms with Gasteiger partial charge >= 0.3 is 0 Å². The second-order valence-corrected chi connectivity index (χ2v) is 4.81. The monoisotopic (exact) mass is 358 g/mol. The lowest BCUT2D eigenvalue weighted by Gasteiger charge is -1.92. The van der Waals surface area contributed by atoms with Crippen LogP contribution in [0.15, 0.2) is 0 Å². The van der Waals surface area contributed by atoms with Crippen molar-refractivity contribution in [3.63, 3.8) is 0 Å². The summed E-state index contributed by atoms with van der Waals surface area (Å²) >= 11 is 10.6. The van der Waals surface area contributed by atoms with Crippen molar-refractivity contribution in [2.75, 3.05) is 11.6 Å². The lowest BCUT2D eigenvalue weighted by molar-refractivity contribution is 0.976. The molecule has 116 valence electrons. The van der Waals surface area contributed by atoms with E-state index in [1.165, 1.54) is 11.8 Å². The van der Waals surface area contributed by atoms with Crippen LogP contribution >= 0.6 is 48.0 Å². The quantitative estimate of drug-likeness (QED) is 0.193. The van der Waals surface area contributed by atoms with Crippen LogP contribution in [0.4, 0.5) is 0 Å². The fraction of sp³-hybridized carbons (Fsp3) is 0.600. The third-order valence-corrected chi connectivity index (χ3v) is 2.18. The summed E-state index contributed by atoms with van der Waals surface area (Å²) in [6.07, 6.45) is 2.78. The van der Waals surface area contributed by atoms with Gasteiger partial charge in [-0.15, -0.1) is 24.0 Å². The fourth-order valence-electron chi connectivity index (χ4n) is 0.479. The third-order valence-electron chi connectivity index (χ3n) is 1.11. The molecule has 0 amide bonds. The number of halogens is 2. The van der Waals surface area contributed by atoms with Crippen molar-refractivity contribution in [2.45, 2.75) is 25.7 Å². The minimum atomic E-state index is 0. The van der Waals surface area contributed by atoms with E-state index in [2.05, 4.69) is 23.7 Å². The number of thiocarbonyl (C=S) groups is 1. The molecule has 10 heteroatoms. The lowest BCUT2D eigenvalue weighted by atomic mass is 10.4. The van der Waals surface area contributed by atoms with E-state index in [0.717, 1.165) is 18.6 Å². The number of nitrogens with two attached hydrogens (primary N) is 3. The number of unbranched alkanes of at least 4 members (excludes halogenated alkanes) is 2. The average molecular weight is 359 g/mol. The molecule has 0 rings (SSSR count). The van der Waals surface area contributed by atoms with Crippen LogP contribution in [-0.2, 0) is 0 Å². The second-order valence-electron chi connectivity index (χ2n) is 2.83. The molecule has 0 aliphatic heterocycles. The Labute approximate surface area is 140 Å². The average Bonchev–Trinajstić information content (AvgIpc) is 2.32. The molecule has 0 aromatic carbocycles. The highest BCUT2D eigenvalue weighted by Crippen LogP contribution is 2.01. The number of hydrogen-bond donors (Lipinski definition) is 4. The molecule has 0 aromatic heterocycles. The maximum Gasteiger partial charge on any atom is 0.160 e. The van der Waals surface area contributed by atoms with Gasteiger partial charge in [0.15, 0.2) is 10.3 Å². The van der Waals surface area contributed by atoms with Crippen molar-refractivity contribution in [3.8, 4) is 12.1 Å². The van der Waals surface area contributed by atoms with Gasteiger partial charge in [-0.05, 0) is 25.1 Å². The molecule has 0 unspecified atom stereocenters. The smallest absolute Gasteiger partial charge is 0.160 e. The summed E-state index contributed by atoms with van der Waals surface area (Å²) in [6.45, 7) is 0. The van der Waals surface area contributed by atoms with Crippen molar-refractivity contribution >= 4 is 58.3 Å². The van der Waals surface area contributed by atoms with Crippen molar-refractivity contribution in [1.29, 1.82) is 15.9 Å². The number of thioether (sulfide) groups is 1. The van der Waals surface area contributed by atoms with Crippen LogP contribution in [-0.4, -0.2) is 21.9 Å². The molecule has 0 aromatic rings. The summed E-state index contributed by atoms with van der Waals surface area (Å²) in [4.78, 5) is 0. The number of nitrogens with zero attached hydrogens (tertiary/aromatic N) is 2. The molecule has 0 aliphatic carbocycles. The van der Waals surface area contributed by atoms with E-state index >= 15 is 0 Å². The van der Waals surface area contributed by atoms with Gasteiger partial charge in [-0.3, -0.25) is 5.41 Å². The summed E-state index contributed by atoms with van der Waals surface area (Å²) in [5.41, 5.74) is 14.3. The van der Waals surface area contributed by atoms with E-state index in [-0.39, 0.29) is 22.7 Å². The van der Waals surface area contributed by atoms with Crippen LogP contribution in [0.3, 0.4) is 0 Å². The normalized spacial score (nSPS) is 7.15. The van der Waals surface area contributed by atoms with Crippen LogP contribution in [0, 0.1) is 28.1 Å². The van der Waals surface area contributed by atoms with Crippen LogP contribution in [0.25, 0.3) is 0 Å². The highest BCUT2D eigenvalue weighted by molar-refractivity contribution is 8.13. The predicted molar refractivity (Wildman–Crippen MR) is 93.0 cm³/mol. The highest BCUT2D eigenvalue weighted by atomic mass is 35.5. The van der Waals surface area contributed by atoms with E-state index in [4.69, 9.17) is 33.3 Å². The SMILES string of the molecule is Cl.N#CCCCCl.N#CCCCSC(=N)N.NC(N)=S. The standard InChI is InChI=1S/C5H9N3S.C4H6ClN.CH4N2S.ClH/c6-3-1-2-4-9-5(7)8;5-3-1-2-4-6;2-1(3)4;/h1-2,4H2,(H3,7,8);1-3H2;(H4,2,3,4);1H. The Morgan fingerprint density at radius 2 is 1.55 bits per heavy atom. The maximum atomic E-state index is 8.09. The lowest BCUT2D eigenvalue weighted by Crippen LogP contribution is -2.18. The number of amidine groups is 1. The van der Waals surface area contributed by atoms with E-state index in [9.17, 15) is 0 Å². The minimum Gasteiger partial charge on any atom is -0.379 e. The molecule has 0 aliphatic rings. The maximum absolute atomic E-state index is 8.09. The largest absolute Gasteiger partial charge is 0.379 e. The zero-order valence-corrected chi connectivity index (χ0v) is 14.2. The minimum absolute atomic E-state index is 0. The van der Waals surface area contributed by atoms with Gasteiger partial charge in [0.05, 0.1) is 12.1 Å². The second kappa shape index (κ2) is 26.6. The van der Waals surface area contributed by atoms with Gasteiger partial charge in [-0.2, -0.15) is 10.5 Å². The van der Waals surface area contributed by atoms with E-state index in [1.54, 1.807) is 0 Å². The highest BCUT2D eigenvalue weighted by Gasteiger charge is 1.89. The molecule has 20 heavy (non-hydrogen) atoms. The fourth-order valence-corrected chi connectivity index (χ4v) is 1.12. The van der Waals surface area contributed by atoms with Gasteiger partial charge in [0.25, 0.3) is 0 Å². The Balaban J connectivity index is -0.000000102. The summed E-state index contributed by atoms with van der Waals surface area (Å²) in [5.74, 6) is 1.39. The summed E-state index contributed by atoms with van der Waals surface area (Å²) in [6, 6.07) is 4.00. The van der Waals surface area contributed by atoms with Gasteiger partial charge < -0.3 is 17.2 Å². The molecule has 0 heterocycles. The number of nitriles is 2. The first kappa shape index (κ1) is 27.4. The zero-order chi connectivity index (χ0) is 15.5. The number of alkyl halides is 1. The predicted octanol–water partition coefficient (Wildman–Crippen LogP) is 2.06. The molecule has 0 radical (unpaired) electrons. The van der Waals surface area contributed by atoms with E-state index < -0.39 is 0 Å². The van der Waals surface area contributed by atoms with Crippen LogP contribution in [0.2, 0.25) is 0 Å². The molecule has 0 fully saturated rings. The third kappa shape index (κ3) is 67.7. The van der Waals surface area contributed by atoms with Crippen molar-refractivity contribution in [3.05, 3.63) is 0 Å². The van der Waals surface area contributed by atoms with Gasteiger partial charge in [-0.25, -0.2) is 0 Å². The molecular weight excluding hydrogens is 339 g/mol. The summed E-state index contributed by atoms with van der Waals surface area (Å²) < 4.78 is 0. The molecule has 0 saturated heterocycles. The Morgan fingerprint density at radius 1 is 1.15 bits per heavy atom. The Morgan fingerprint density at radius 3 is 1.80 bits per heavy atom. The molecule has 6 nitrogen and oxygen atoms in total. The van der Waals surface area contributed by atoms with Crippen molar-refractivity contribution < 1.29 is 0 Å².